The Kier molecular flexibility index (Phi) is 5.11. The van der Waals surface area contributed by atoms with Gasteiger partial charge >= 0.3 is 11.6 Å². The average molecular weight is 393 g/mol. The van der Waals surface area contributed by atoms with Crippen LogP contribution in [0.15, 0.2) is 51.7 Å². The second-order valence-electron chi connectivity index (χ2n) is 7.27. The molecular weight excluding hydrogens is 370 g/mol. The molecule has 2 heterocycles. The number of fused-ring (bicyclic) bond motifs is 3. The maximum absolute atomic E-state index is 12.6. The molecule has 0 saturated carbocycles. The predicted molar refractivity (Wildman–Crippen MR) is 109 cm³/mol. The van der Waals surface area contributed by atoms with Gasteiger partial charge in [0.15, 0.2) is 0 Å². The molecule has 0 radical (unpaired) electrons. The Morgan fingerprint density at radius 2 is 1.97 bits per heavy atom. The Bertz CT molecular complexity index is 1120. The van der Waals surface area contributed by atoms with Gasteiger partial charge in [-0.2, -0.15) is 0 Å². The van der Waals surface area contributed by atoms with Crippen LogP contribution in [-0.4, -0.2) is 24.7 Å². The highest BCUT2D eigenvalue weighted by Crippen LogP contribution is 2.36. The van der Waals surface area contributed by atoms with Gasteiger partial charge < -0.3 is 13.9 Å². The first-order valence-corrected chi connectivity index (χ1v) is 9.56. The number of ether oxygens (including phenoxy) is 2. The molecule has 2 aromatic carbocycles. The van der Waals surface area contributed by atoms with E-state index in [0.717, 1.165) is 22.3 Å². The van der Waals surface area contributed by atoms with Crippen LogP contribution in [0.25, 0.3) is 11.0 Å². The molecular formula is C23H23NO5. The second-order valence-corrected chi connectivity index (χ2v) is 7.27. The van der Waals surface area contributed by atoms with Gasteiger partial charge in [-0.3, -0.25) is 9.69 Å². The largest absolute Gasteiger partial charge is 0.478 e. The van der Waals surface area contributed by atoms with Crippen LogP contribution in [0.4, 0.5) is 0 Å². The van der Waals surface area contributed by atoms with Crippen molar-refractivity contribution >= 4 is 16.9 Å². The second kappa shape index (κ2) is 7.72. The van der Waals surface area contributed by atoms with Crippen LogP contribution < -0.4 is 10.4 Å². The Morgan fingerprint density at radius 3 is 2.69 bits per heavy atom. The molecule has 3 aromatic rings. The van der Waals surface area contributed by atoms with Crippen LogP contribution in [0.1, 0.15) is 35.2 Å². The Balaban J connectivity index is 1.75. The van der Waals surface area contributed by atoms with E-state index >= 15 is 0 Å². The fourth-order valence-corrected chi connectivity index (χ4v) is 3.79. The lowest BCUT2D eigenvalue weighted by Gasteiger charge is -2.34. The quantitative estimate of drug-likeness (QED) is 0.497. The van der Waals surface area contributed by atoms with Crippen LogP contribution in [0.3, 0.4) is 0 Å². The summed E-state index contributed by atoms with van der Waals surface area (Å²) >= 11 is 0. The summed E-state index contributed by atoms with van der Waals surface area (Å²) in [6.45, 7) is 5.02. The van der Waals surface area contributed by atoms with Crippen molar-refractivity contribution in [2.75, 3.05) is 13.8 Å². The molecule has 0 spiro atoms. The lowest BCUT2D eigenvalue weighted by molar-refractivity contribution is -0.139. The number of nitrogens with zero attached hydrogens (tertiary/aromatic N) is 1. The highest BCUT2D eigenvalue weighted by Gasteiger charge is 2.27. The molecule has 0 saturated heterocycles. The van der Waals surface area contributed by atoms with Crippen LogP contribution in [0.5, 0.6) is 5.75 Å². The van der Waals surface area contributed by atoms with Gasteiger partial charge in [0, 0.05) is 18.0 Å². The molecule has 1 aromatic heterocycles. The summed E-state index contributed by atoms with van der Waals surface area (Å²) < 4.78 is 16.4. The van der Waals surface area contributed by atoms with Gasteiger partial charge in [0.05, 0.1) is 24.7 Å². The summed E-state index contributed by atoms with van der Waals surface area (Å²) in [5.74, 6) is 0.251. The van der Waals surface area contributed by atoms with Crippen molar-refractivity contribution in [3.63, 3.8) is 0 Å². The van der Waals surface area contributed by atoms with Crippen LogP contribution in [0.2, 0.25) is 0 Å². The van der Waals surface area contributed by atoms with E-state index in [9.17, 15) is 9.59 Å². The smallest absolute Gasteiger partial charge is 0.340 e. The molecule has 1 aliphatic rings. The molecule has 0 amide bonds. The summed E-state index contributed by atoms with van der Waals surface area (Å²) in [6, 6.07) is 14.1. The van der Waals surface area contributed by atoms with Crippen molar-refractivity contribution < 1.29 is 18.7 Å². The molecule has 0 unspecified atom stereocenters. The predicted octanol–water partition coefficient (Wildman–Crippen LogP) is 3.73. The molecule has 0 N–H and O–H groups in total. The number of carbonyl (C=O) groups is 1. The van der Waals surface area contributed by atoms with E-state index in [1.165, 1.54) is 12.7 Å². The van der Waals surface area contributed by atoms with Gasteiger partial charge in [-0.1, -0.05) is 30.3 Å². The van der Waals surface area contributed by atoms with E-state index in [-0.39, 0.29) is 12.5 Å². The maximum atomic E-state index is 12.6. The Morgan fingerprint density at radius 1 is 1.21 bits per heavy atom. The monoisotopic (exact) mass is 393 g/mol. The minimum atomic E-state index is -0.512. The fourth-order valence-electron chi connectivity index (χ4n) is 3.79. The molecule has 150 valence electrons. The van der Waals surface area contributed by atoms with Gasteiger partial charge in [-0.15, -0.1) is 0 Å². The summed E-state index contributed by atoms with van der Waals surface area (Å²) in [5.41, 5.74) is 3.11. The highest BCUT2D eigenvalue weighted by atomic mass is 16.5. The zero-order valence-corrected chi connectivity index (χ0v) is 16.7. The normalized spacial score (nSPS) is 14.9. The fraction of sp³-hybridized carbons (Fsp3) is 0.304. The highest BCUT2D eigenvalue weighted by molar-refractivity contribution is 5.87. The third-order valence-corrected chi connectivity index (χ3v) is 5.64. The lowest BCUT2D eigenvalue weighted by Crippen LogP contribution is -2.34. The van der Waals surface area contributed by atoms with Crippen molar-refractivity contribution in [3.8, 4) is 5.75 Å². The molecule has 0 fully saturated rings. The van der Waals surface area contributed by atoms with E-state index in [4.69, 9.17) is 13.9 Å². The molecule has 1 atom stereocenters. The molecule has 4 rings (SSSR count). The van der Waals surface area contributed by atoms with Gasteiger partial charge in [0.1, 0.15) is 18.1 Å². The minimum absolute atomic E-state index is 0.106. The zero-order chi connectivity index (χ0) is 20.5. The Hall–Kier alpha value is -3.12. The van der Waals surface area contributed by atoms with Crippen molar-refractivity contribution in [3.05, 3.63) is 75.1 Å². The number of rotatable bonds is 4. The van der Waals surface area contributed by atoms with Gasteiger partial charge in [0.25, 0.3) is 0 Å². The number of aryl methyl sites for hydroxylation is 1. The van der Waals surface area contributed by atoms with Gasteiger partial charge in [0.2, 0.25) is 0 Å². The van der Waals surface area contributed by atoms with Crippen LogP contribution in [0, 0.1) is 6.92 Å². The van der Waals surface area contributed by atoms with Crippen molar-refractivity contribution in [2.45, 2.75) is 32.9 Å². The number of benzene rings is 2. The summed E-state index contributed by atoms with van der Waals surface area (Å²) in [4.78, 5) is 26.5. The molecule has 6 nitrogen and oxygen atoms in total. The summed E-state index contributed by atoms with van der Waals surface area (Å²) in [5, 5.41) is 0.806. The SMILES string of the molecule is COC(=O)Cc1c(C)c2ccc3c(c2oc1=O)CN([C@H](C)c1ccccc1)CO3. The number of hydrogen-bond acceptors (Lipinski definition) is 6. The molecule has 29 heavy (non-hydrogen) atoms. The van der Waals surface area contributed by atoms with E-state index in [1.807, 2.05) is 37.3 Å². The topological polar surface area (TPSA) is 69.0 Å². The molecule has 6 heteroatoms. The number of methoxy groups -OCH3 is 1. The van der Waals surface area contributed by atoms with E-state index in [0.29, 0.717) is 24.4 Å². The molecule has 1 aliphatic heterocycles. The number of esters is 1. The minimum Gasteiger partial charge on any atom is -0.478 e. The molecule has 0 bridgehead atoms. The third kappa shape index (κ3) is 3.51. The van der Waals surface area contributed by atoms with E-state index < -0.39 is 11.6 Å². The first-order chi connectivity index (χ1) is 14.0. The van der Waals surface area contributed by atoms with Crippen LogP contribution in [-0.2, 0) is 22.5 Å². The number of carbonyl (C=O) groups excluding carboxylic acids is 1. The first-order valence-electron chi connectivity index (χ1n) is 9.56. The molecule has 0 aliphatic carbocycles. The summed E-state index contributed by atoms with van der Waals surface area (Å²) in [7, 11) is 1.30. The van der Waals surface area contributed by atoms with Gasteiger partial charge in [-0.25, -0.2) is 4.79 Å². The van der Waals surface area contributed by atoms with E-state index in [1.54, 1.807) is 0 Å². The van der Waals surface area contributed by atoms with Crippen molar-refractivity contribution in [2.24, 2.45) is 0 Å². The number of hydrogen-bond donors (Lipinski definition) is 0. The van der Waals surface area contributed by atoms with Crippen molar-refractivity contribution in [1.29, 1.82) is 0 Å². The van der Waals surface area contributed by atoms with Crippen molar-refractivity contribution in [1.82, 2.24) is 4.90 Å². The lowest BCUT2D eigenvalue weighted by atomic mass is 9.99. The standard InChI is InChI=1S/C23H23NO5/c1-14-17-9-10-20-19(22(17)29-23(26)18(14)11-21(25)27-3)12-24(13-28-20)15(2)16-7-5-4-6-8-16/h4-10,15H,11-13H2,1-3H3/t15-/m1/s1. The first kappa shape index (κ1) is 19.2. The third-order valence-electron chi connectivity index (χ3n) is 5.64. The van der Waals surface area contributed by atoms with E-state index in [2.05, 4.69) is 24.0 Å². The average Bonchev–Trinajstić information content (AvgIpc) is 2.76. The zero-order valence-electron chi connectivity index (χ0n) is 16.7. The van der Waals surface area contributed by atoms with Crippen LogP contribution >= 0.6 is 0 Å². The maximum Gasteiger partial charge on any atom is 0.340 e. The summed E-state index contributed by atoms with van der Waals surface area (Å²) in [6.07, 6.45) is -0.106. The van der Waals surface area contributed by atoms with Gasteiger partial charge in [-0.05, 0) is 37.1 Å². The Labute approximate surface area is 168 Å².